The lowest BCUT2D eigenvalue weighted by Crippen LogP contribution is -2.64. The maximum atomic E-state index is 14.7. The largest absolute Gasteiger partial charge is 0.516 e. The molecule has 0 spiro atoms. The monoisotopic (exact) mass is 1000 g/mol. The SMILES string of the molecule is CC(C)[C@H](NC(=O)[C@H](C)NC(=O)[C@H](Cc1ccccc1)NC(=O)OCC1c2ccccc2-c2ccccc21)C(=O)N1CCC[C@H]1C(=O)N[C@@H](Cc1ccccc1)C(=O)O[Si](C(C)(C)C)(C(C)(C)C)C(C)(C)C. The molecule has 72 heavy (non-hydrogen) atoms. The predicted molar refractivity (Wildman–Crippen MR) is 284 cm³/mol. The zero-order chi connectivity index (χ0) is 52.8. The van der Waals surface area contributed by atoms with Gasteiger partial charge in [0.25, 0.3) is 8.32 Å². The lowest BCUT2D eigenvalue weighted by molar-refractivity contribution is -0.145. The van der Waals surface area contributed by atoms with Gasteiger partial charge in [0, 0.05) is 25.3 Å². The van der Waals surface area contributed by atoms with Crippen LogP contribution < -0.4 is 21.3 Å². The maximum Gasteiger partial charge on any atom is 0.407 e. The molecule has 1 aliphatic heterocycles. The average Bonchev–Trinajstić information content (AvgIpc) is 3.94. The van der Waals surface area contributed by atoms with E-state index >= 15 is 0 Å². The number of nitrogens with one attached hydrogen (secondary N) is 4. The van der Waals surface area contributed by atoms with E-state index in [4.69, 9.17) is 9.16 Å². The number of carbonyl (C=O) groups is 6. The summed E-state index contributed by atoms with van der Waals surface area (Å²) in [4.78, 5) is 86.7. The van der Waals surface area contributed by atoms with E-state index in [9.17, 15) is 28.8 Å². The lowest BCUT2D eigenvalue weighted by Gasteiger charge is -2.57. The van der Waals surface area contributed by atoms with Crippen LogP contribution in [0.25, 0.3) is 11.1 Å². The highest BCUT2D eigenvalue weighted by atomic mass is 28.4. The van der Waals surface area contributed by atoms with Crippen LogP contribution in [0.4, 0.5) is 4.79 Å². The maximum absolute atomic E-state index is 14.7. The van der Waals surface area contributed by atoms with Crippen molar-refractivity contribution in [3.8, 4) is 11.1 Å². The van der Waals surface area contributed by atoms with Gasteiger partial charge in [0.2, 0.25) is 23.6 Å². The molecule has 4 aromatic rings. The highest BCUT2D eigenvalue weighted by Gasteiger charge is 2.65. The molecule has 4 aromatic carbocycles. The molecule has 14 heteroatoms. The molecule has 0 aromatic heterocycles. The van der Waals surface area contributed by atoms with Crippen LogP contribution in [0.5, 0.6) is 0 Å². The molecule has 1 saturated heterocycles. The Labute approximate surface area is 428 Å². The number of amides is 5. The zero-order valence-corrected chi connectivity index (χ0v) is 45.4. The fourth-order valence-electron chi connectivity index (χ4n) is 11.9. The van der Waals surface area contributed by atoms with Crippen molar-refractivity contribution in [3.05, 3.63) is 131 Å². The van der Waals surface area contributed by atoms with Crippen LogP contribution in [-0.4, -0.2) is 92.3 Å². The first-order valence-corrected chi connectivity index (χ1v) is 27.4. The Morgan fingerprint density at radius 3 is 1.60 bits per heavy atom. The number of benzene rings is 4. The summed E-state index contributed by atoms with van der Waals surface area (Å²) in [5, 5.41) is 10.3. The normalized spacial score (nSPS) is 16.6. The molecule has 4 N–H and O–H groups in total. The minimum atomic E-state index is -3.04. The third-order valence-corrected chi connectivity index (χ3v) is 21.2. The van der Waals surface area contributed by atoms with Crippen LogP contribution in [-0.2, 0) is 46.0 Å². The van der Waals surface area contributed by atoms with Gasteiger partial charge in [-0.05, 0) is 74.2 Å². The smallest absolute Gasteiger partial charge is 0.407 e. The van der Waals surface area contributed by atoms with E-state index in [1.165, 1.54) is 11.8 Å². The summed E-state index contributed by atoms with van der Waals surface area (Å²) >= 11 is 0. The Bertz CT molecular complexity index is 2480. The number of hydrogen-bond donors (Lipinski definition) is 4. The van der Waals surface area contributed by atoms with E-state index < -0.39 is 80.1 Å². The molecule has 1 aliphatic carbocycles. The number of carbonyl (C=O) groups excluding carboxylic acids is 6. The molecule has 5 atom stereocenters. The molecule has 6 rings (SSSR count). The summed E-state index contributed by atoms with van der Waals surface area (Å²) in [7, 11) is -3.04. The Morgan fingerprint density at radius 1 is 0.611 bits per heavy atom. The molecule has 0 unspecified atom stereocenters. The number of nitrogens with zero attached hydrogens (tertiary/aromatic N) is 1. The van der Waals surface area contributed by atoms with Crippen LogP contribution in [0.2, 0.25) is 15.1 Å². The molecule has 1 heterocycles. The molecule has 386 valence electrons. The van der Waals surface area contributed by atoms with Crippen molar-refractivity contribution < 1.29 is 37.9 Å². The van der Waals surface area contributed by atoms with Gasteiger partial charge < -0.3 is 35.3 Å². The summed E-state index contributed by atoms with van der Waals surface area (Å²) in [6.07, 6.45) is 0.429. The van der Waals surface area contributed by atoms with Gasteiger partial charge in [-0.25, -0.2) is 4.79 Å². The second kappa shape index (κ2) is 22.6. The van der Waals surface area contributed by atoms with Crippen LogP contribution in [0.1, 0.15) is 124 Å². The summed E-state index contributed by atoms with van der Waals surface area (Å²) in [5.41, 5.74) is 5.91. The number of rotatable bonds is 17. The lowest BCUT2D eigenvalue weighted by atomic mass is 9.98. The second-order valence-electron chi connectivity index (χ2n) is 23.0. The summed E-state index contributed by atoms with van der Waals surface area (Å²) in [6, 6.07) is 29.5. The first-order chi connectivity index (χ1) is 33.8. The van der Waals surface area contributed by atoms with Crippen LogP contribution in [0, 0.1) is 5.92 Å². The highest BCUT2D eigenvalue weighted by molar-refractivity contribution is 6.83. The molecule has 0 bridgehead atoms. The summed E-state index contributed by atoms with van der Waals surface area (Å²) < 4.78 is 12.7. The fourth-order valence-corrected chi connectivity index (χ4v) is 20.0. The van der Waals surface area contributed by atoms with Crippen molar-refractivity contribution in [1.82, 2.24) is 26.2 Å². The van der Waals surface area contributed by atoms with Crippen molar-refractivity contribution in [2.45, 2.75) is 160 Å². The van der Waals surface area contributed by atoms with E-state index in [2.05, 4.69) is 95.7 Å². The first kappa shape index (κ1) is 55.0. The van der Waals surface area contributed by atoms with Crippen molar-refractivity contribution >= 4 is 44.0 Å². The van der Waals surface area contributed by atoms with E-state index in [-0.39, 0.29) is 47.0 Å². The van der Waals surface area contributed by atoms with Crippen LogP contribution >= 0.6 is 0 Å². The van der Waals surface area contributed by atoms with Crippen LogP contribution in [0.15, 0.2) is 109 Å². The Morgan fingerprint density at radius 2 is 1.10 bits per heavy atom. The van der Waals surface area contributed by atoms with Crippen molar-refractivity contribution in [2.24, 2.45) is 5.92 Å². The van der Waals surface area contributed by atoms with E-state index in [1.807, 2.05) is 97.1 Å². The Hall–Kier alpha value is -6.28. The van der Waals surface area contributed by atoms with Gasteiger partial charge in [0.05, 0.1) is 0 Å². The minimum absolute atomic E-state index is 0.0533. The first-order valence-electron chi connectivity index (χ1n) is 25.5. The van der Waals surface area contributed by atoms with Crippen molar-refractivity contribution in [2.75, 3.05) is 13.2 Å². The summed E-state index contributed by atoms with van der Waals surface area (Å²) in [5.74, 6) is -3.25. The number of ether oxygens (including phenoxy) is 1. The van der Waals surface area contributed by atoms with E-state index in [0.717, 1.165) is 33.4 Å². The van der Waals surface area contributed by atoms with Gasteiger partial charge in [-0.2, -0.15) is 0 Å². The van der Waals surface area contributed by atoms with E-state index in [0.29, 0.717) is 12.8 Å². The topological polar surface area (TPSA) is 172 Å². The predicted octanol–water partition coefficient (Wildman–Crippen LogP) is 9.39. The molecule has 5 amide bonds. The Balaban J connectivity index is 1.13. The van der Waals surface area contributed by atoms with Gasteiger partial charge in [0.15, 0.2) is 0 Å². The quantitative estimate of drug-likeness (QED) is 0.0758. The van der Waals surface area contributed by atoms with Crippen molar-refractivity contribution in [3.63, 3.8) is 0 Å². The molecular formula is C58H77N5O8Si. The molecular weight excluding hydrogens is 923 g/mol. The number of alkyl carbamates (subject to hydrolysis) is 1. The molecule has 1 fully saturated rings. The molecule has 2 aliphatic rings. The third kappa shape index (κ3) is 12.3. The highest BCUT2D eigenvalue weighted by Crippen LogP contribution is 2.62. The number of fused-ring (bicyclic) bond motifs is 3. The zero-order valence-electron chi connectivity index (χ0n) is 44.4. The van der Waals surface area contributed by atoms with Gasteiger partial charge in [-0.1, -0.05) is 185 Å². The summed E-state index contributed by atoms with van der Waals surface area (Å²) in [6.45, 7) is 24.6. The molecule has 13 nitrogen and oxygen atoms in total. The van der Waals surface area contributed by atoms with Crippen LogP contribution in [0.3, 0.4) is 0 Å². The fraction of sp³-hybridized carbons (Fsp3) is 0.483. The van der Waals surface area contributed by atoms with Gasteiger partial charge >= 0.3 is 12.1 Å². The average molecular weight is 1000 g/mol. The van der Waals surface area contributed by atoms with Gasteiger partial charge in [-0.15, -0.1) is 0 Å². The number of likely N-dealkylation sites (tertiary alicyclic amines) is 1. The van der Waals surface area contributed by atoms with Gasteiger partial charge in [-0.3, -0.25) is 24.0 Å². The molecule has 0 radical (unpaired) electrons. The van der Waals surface area contributed by atoms with E-state index in [1.54, 1.807) is 13.8 Å². The standard InChI is InChI=1S/C58H77N5O8Si/c1-37(2)49(53(67)63-33-23-32-48(63)52(66)60-47(35-40-26-17-14-18-27-40)54(68)71-72(56(4,5)6,57(7,8)9)58(10,11)12)62-50(64)38(3)59-51(65)46(34-39-24-15-13-16-25-39)61-55(69)70-36-45-43-30-21-19-28-41(43)42-29-20-22-31-44(42)45/h13-22,24-31,37-38,45-49H,23,32-36H2,1-12H3,(H,59,65)(H,60,66)(H,61,69)(H,62,64)/t38-,46-,47-,48-,49-/m0/s1. The Kier molecular flexibility index (Phi) is 17.3. The third-order valence-electron chi connectivity index (χ3n) is 14.4. The number of hydrogen-bond acceptors (Lipinski definition) is 8. The molecule has 0 saturated carbocycles. The van der Waals surface area contributed by atoms with Gasteiger partial charge in [0.1, 0.15) is 36.8 Å². The van der Waals surface area contributed by atoms with Crippen molar-refractivity contribution in [1.29, 1.82) is 0 Å². The second-order valence-corrected chi connectivity index (χ2v) is 29.0. The minimum Gasteiger partial charge on any atom is -0.516 e.